The van der Waals surface area contributed by atoms with Crippen LogP contribution in [0.25, 0.3) is 0 Å². The SMILES string of the molecule is CCc1cc(Nc2cc(NCCN3CCOCC3)nc(Sc3ccc(NC(=O)C4CC4)cc3)n2)n[nH]1. The first kappa shape index (κ1) is 24.5. The minimum absolute atomic E-state index is 0.106. The van der Waals surface area contributed by atoms with Crippen LogP contribution in [0.4, 0.5) is 23.1 Å². The van der Waals surface area contributed by atoms with Crippen LogP contribution in [0.15, 0.2) is 46.5 Å². The Morgan fingerprint density at radius 2 is 1.89 bits per heavy atom. The first-order valence-corrected chi connectivity index (χ1v) is 13.3. The number of benzene rings is 1. The molecule has 2 aliphatic rings. The molecule has 1 saturated heterocycles. The summed E-state index contributed by atoms with van der Waals surface area (Å²) < 4.78 is 5.44. The van der Waals surface area contributed by atoms with Gasteiger partial charge in [-0.2, -0.15) is 5.10 Å². The molecule has 0 unspecified atom stereocenters. The van der Waals surface area contributed by atoms with Crippen molar-refractivity contribution in [1.29, 1.82) is 0 Å². The summed E-state index contributed by atoms with van der Waals surface area (Å²) in [6, 6.07) is 11.7. The fourth-order valence-corrected chi connectivity index (χ4v) is 4.60. The Hall–Kier alpha value is -3.15. The highest BCUT2D eigenvalue weighted by atomic mass is 32.2. The number of amides is 1. The summed E-state index contributed by atoms with van der Waals surface area (Å²) in [6.45, 7) is 7.26. The van der Waals surface area contributed by atoms with Gasteiger partial charge >= 0.3 is 0 Å². The van der Waals surface area contributed by atoms with E-state index in [-0.39, 0.29) is 11.8 Å². The first-order valence-electron chi connectivity index (χ1n) is 12.5. The van der Waals surface area contributed by atoms with E-state index in [2.05, 4.69) is 38.0 Å². The summed E-state index contributed by atoms with van der Waals surface area (Å²) in [4.78, 5) is 24.8. The average Bonchev–Trinajstić information content (AvgIpc) is 3.65. The minimum Gasteiger partial charge on any atom is -0.379 e. The second kappa shape index (κ2) is 11.7. The zero-order valence-corrected chi connectivity index (χ0v) is 21.2. The lowest BCUT2D eigenvalue weighted by Crippen LogP contribution is -2.39. The van der Waals surface area contributed by atoms with E-state index in [9.17, 15) is 4.79 Å². The van der Waals surface area contributed by atoms with E-state index < -0.39 is 0 Å². The maximum atomic E-state index is 12.0. The van der Waals surface area contributed by atoms with E-state index in [1.807, 2.05) is 36.4 Å². The number of aromatic nitrogens is 4. The predicted molar refractivity (Wildman–Crippen MR) is 141 cm³/mol. The molecule has 0 bridgehead atoms. The third kappa shape index (κ3) is 6.96. The van der Waals surface area contributed by atoms with Crippen LogP contribution in [0.5, 0.6) is 0 Å². The Morgan fingerprint density at radius 1 is 1.11 bits per heavy atom. The van der Waals surface area contributed by atoms with Crippen LogP contribution in [-0.4, -0.2) is 70.4 Å². The molecule has 0 radical (unpaired) electrons. The number of aromatic amines is 1. The molecule has 3 heterocycles. The number of anilines is 4. The number of rotatable bonds is 11. The van der Waals surface area contributed by atoms with Crippen molar-refractivity contribution < 1.29 is 9.53 Å². The molecule has 1 aromatic carbocycles. The molecule has 36 heavy (non-hydrogen) atoms. The van der Waals surface area contributed by atoms with E-state index in [0.717, 1.165) is 86.6 Å². The number of carbonyl (C=O) groups excluding carboxylic acids is 1. The van der Waals surface area contributed by atoms with Crippen LogP contribution >= 0.6 is 11.8 Å². The molecule has 4 N–H and O–H groups in total. The van der Waals surface area contributed by atoms with Crippen molar-refractivity contribution in [1.82, 2.24) is 25.1 Å². The molecule has 10 nitrogen and oxygen atoms in total. The van der Waals surface area contributed by atoms with Crippen LogP contribution in [0.1, 0.15) is 25.5 Å². The number of H-pyrrole nitrogens is 1. The molecule has 1 saturated carbocycles. The van der Waals surface area contributed by atoms with Gasteiger partial charge in [0.1, 0.15) is 11.6 Å². The molecule has 5 rings (SSSR count). The lowest BCUT2D eigenvalue weighted by atomic mass is 10.3. The van der Waals surface area contributed by atoms with Gasteiger partial charge in [0.05, 0.1) is 13.2 Å². The van der Waals surface area contributed by atoms with Crippen LogP contribution in [0.3, 0.4) is 0 Å². The van der Waals surface area contributed by atoms with Crippen molar-refractivity contribution in [2.45, 2.75) is 36.2 Å². The molecule has 190 valence electrons. The Kier molecular flexibility index (Phi) is 7.99. The normalized spacial score (nSPS) is 16.0. The summed E-state index contributed by atoms with van der Waals surface area (Å²) >= 11 is 1.47. The van der Waals surface area contributed by atoms with Gasteiger partial charge < -0.3 is 20.7 Å². The molecule has 2 fully saturated rings. The van der Waals surface area contributed by atoms with Gasteiger partial charge in [0, 0.05) is 60.5 Å². The Labute approximate surface area is 215 Å². The molecular weight excluding hydrogens is 476 g/mol. The standard InChI is InChI=1S/C25H32N8O2S/c1-2-18-15-23(32-31-18)28-22-16-21(26-9-10-33-11-13-35-14-12-33)29-25(30-22)36-20-7-5-19(6-8-20)27-24(34)17-3-4-17/h5-8,15-17H,2-4,9-14H2,1H3,(H,27,34)(H3,26,28,29,30,31,32). The van der Waals surface area contributed by atoms with Crippen LogP contribution in [0.2, 0.25) is 0 Å². The van der Waals surface area contributed by atoms with E-state index in [1.54, 1.807) is 0 Å². The Bertz CT molecular complexity index is 1160. The molecular formula is C25H32N8O2S. The van der Waals surface area contributed by atoms with Crippen molar-refractivity contribution in [3.8, 4) is 0 Å². The van der Waals surface area contributed by atoms with Gasteiger partial charge in [-0.15, -0.1) is 0 Å². The van der Waals surface area contributed by atoms with E-state index in [4.69, 9.17) is 14.7 Å². The summed E-state index contributed by atoms with van der Waals surface area (Å²) in [5.74, 6) is 2.43. The summed E-state index contributed by atoms with van der Waals surface area (Å²) in [5.41, 5.74) is 1.86. The predicted octanol–water partition coefficient (Wildman–Crippen LogP) is 3.75. The fourth-order valence-electron chi connectivity index (χ4n) is 3.83. The lowest BCUT2D eigenvalue weighted by molar-refractivity contribution is -0.117. The Balaban J connectivity index is 1.27. The number of hydrogen-bond acceptors (Lipinski definition) is 9. The van der Waals surface area contributed by atoms with Crippen molar-refractivity contribution >= 4 is 40.8 Å². The van der Waals surface area contributed by atoms with Gasteiger partial charge in [-0.05, 0) is 55.3 Å². The Morgan fingerprint density at radius 3 is 2.61 bits per heavy atom. The number of morpholine rings is 1. The van der Waals surface area contributed by atoms with Crippen LogP contribution < -0.4 is 16.0 Å². The van der Waals surface area contributed by atoms with Crippen molar-refractivity contribution in [3.05, 3.63) is 42.1 Å². The maximum absolute atomic E-state index is 12.0. The third-order valence-corrected chi connectivity index (χ3v) is 6.96. The van der Waals surface area contributed by atoms with Crippen LogP contribution in [0, 0.1) is 5.92 Å². The molecule has 0 spiro atoms. The first-order chi connectivity index (χ1) is 17.6. The van der Waals surface area contributed by atoms with E-state index >= 15 is 0 Å². The third-order valence-electron chi connectivity index (χ3n) is 6.09. The van der Waals surface area contributed by atoms with Gasteiger partial charge in [0.25, 0.3) is 0 Å². The topological polar surface area (TPSA) is 120 Å². The molecule has 1 amide bonds. The summed E-state index contributed by atoms with van der Waals surface area (Å²) in [5, 5.41) is 17.7. The molecule has 11 heteroatoms. The van der Waals surface area contributed by atoms with Gasteiger partial charge in [0.2, 0.25) is 5.91 Å². The largest absolute Gasteiger partial charge is 0.379 e. The fraction of sp³-hybridized carbons (Fsp3) is 0.440. The number of ether oxygens (including phenoxy) is 1. The van der Waals surface area contributed by atoms with Gasteiger partial charge in [-0.25, -0.2) is 9.97 Å². The van der Waals surface area contributed by atoms with E-state index in [1.165, 1.54) is 11.8 Å². The molecule has 1 aliphatic carbocycles. The van der Waals surface area contributed by atoms with Crippen molar-refractivity contribution in [3.63, 3.8) is 0 Å². The molecule has 1 aliphatic heterocycles. The smallest absolute Gasteiger partial charge is 0.227 e. The number of hydrogen-bond donors (Lipinski definition) is 4. The van der Waals surface area contributed by atoms with Crippen LogP contribution in [-0.2, 0) is 16.0 Å². The number of aryl methyl sites for hydroxylation is 1. The zero-order chi connectivity index (χ0) is 24.7. The maximum Gasteiger partial charge on any atom is 0.227 e. The molecule has 3 aromatic rings. The molecule has 0 atom stereocenters. The zero-order valence-electron chi connectivity index (χ0n) is 20.4. The quantitative estimate of drug-likeness (QED) is 0.287. The van der Waals surface area contributed by atoms with E-state index in [0.29, 0.717) is 11.0 Å². The highest BCUT2D eigenvalue weighted by Gasteiger charge is 2.29. The lowest BCUT2D eigenvalue weighted by Gasteiger charge is -2.26. The van der Waals surface area contributed by atoms with Gasteiger partial charge in [0.15, 0.2) is 11.0 Å². The number of nitrogens with one attached hydrogen (secondary N) is 4. The summed E-state index contributed by atoms with van der Waals surface area (Å²) in [7, 11) is 0. The van der Waals surface area contributed by atoms with Crippen molar-refractivity contribution in [2.24, 2.45) is 5.92 Å². The highest BCUT2D eigenvalue weighted by molar-refractivity contribution is 7.99. The second-order valence-corrected chi connectivity index (χ2v) is 9.99. The average molecular weight is 509 g/mol. The number of carbonyl (C=O) groups is 1. The summed E-state index contributed by atoms with van der Waals surface area (Å²) in [6.07, 6.45) is 2.86. The number of nitrogens with zero attached hydrogens (tertiary/aromatic N) is 4. The molecule has 2 aromatic heterocycles. The monoisotopic (exact) mass is 508 g/mol. The minimum atomic E-state index is 0.106. The van der Waals surface area contributed by atoms with Gasteiger partial charge in [-0.1, -0.05) is 6.92 Å². The highest BCUT2D eigenvalue weighted by Crippen LogP contribution is 2.31. The van der Waals surface area contributed by atoms with Gasteiger partial charge in [-0.3, -0.25) is 14.8 Å². The van der Waals surface area contributed by atoms with Crippen molar-refractivity contribution in [2.75, 3.05) is 55.3 Å². The second-order valence-electron chi connectivity index (χ2n) is 8.95.